The molecule has 2 N–H and O–H groups in total. The van der Waals surface area contributed by atoms with Gasteiger partial charge in [-0.05, 0) is 38.0 Å². The van der Waals surface area contributed by atoms with Crippen LogP contribution in [0.3, 0.4) is 0 Å². The molecule has 0 saturated heterocycles. The number of nitrogens with zero attached hydrogens (tertiary/aromatic N) is 2. The molecule has 0 radical (unpaired) electrons. The van der Waals surface area contributed by atoms with Crippen LogP contribution in [-0.4, -0.2) is 9.78 Å². The highest BCUT2D eigenvalue weighted by atomic mass is 16.3. The molecule has 0 aliphatic heterocycles. The molecule has 0 aromatic carbocycles. The molecule has 86 valence electrons. The molecule has 0 bridgehead atoms. The average molecular weight is 219 g/mol. The van der Waals surface area contributed by atoms with E-state index in [4.69, 9.17) is 10.2 Å². The molecule has 2 aromatic rings. The van der Waals surface area contributed by atoms with E-state index in [-0.39, 0.29) is 6.04 Å². The van der Waals surface area contributed by atoms with Crippen LogP contribution in [0.25, 0.3) is 0 Å². The zero-order valence-electron chi connectivity index (χ0n) is 9.68. The summed E-state index contributed by atoms with van der Waals surface area (Å²) in [6.45, 7) is 4.87. The third-order valence-electron chi connectivity index (χ3n) is 2.59. The first-order valence-corrected chi connectivity index (χ1v) is 5.52. The molecule has 2 aromatic heterocycles. The van der Waals surface area contributed by atoms with Gasteiger partial charge in [0, 0.05) is 12.7 Å². The highest BCUT2D eigenvalue weighted by molar-refractivity contribution is 5.14. The molecule has 2 heterocycles. The molecule has 0 aliphatic rings. The van der Waals surface area contributed by atoms with Gasteiger partial charge in [-0.2, -0.15) is 5.10 Å². The van der Waals surface area contributed by atoms with Gasteiger partial charge in [0.1, 0.15) is 11.5 Å². The topological polar surface area (TPSA) is 57.0 Å². The molecule has 1 atom stereocenters. The lowest BCUT2D eigenvalue weighted by Crippen LogP contribution is -2.12. The van der Waals surface area contributed by atoms with Crippen LogP contribution in [0.4, 0.5) is 0 Å². The number of aromatic nitrogens is 2. The van der Waals surface area contributed by atoms with Crippen molar-refractivity contribution in [2.24, 2.45) is 5.73 Å². The second-order valence-electron chi connectivity index (χ2n) is 3.96. The minimum atomic E-state index is -0.0943. The number of aryl methyl sites for hydroxylation is 2. The molecule has 0 saturated carbocycles. The summed E-state index contributed by atoms with van der Waals surface area (Å²) in [4.78, 5) is 0. The first-order chi connectivity index (χ1) is 7.69. The van der Waals surface area contributed by atoms with E-state index >= 15 is 0 Å². The molecule has 0 aliphatic carbocycles. The lowest BCUT2D eigenvalue weighted by molar-refractivity contribution is 0.445. The van der Waals surface area contributed by atoms with Crippen molar-refractivity contribution in [2.75, 3.05) is 0 Å². The predicted octanol–water partition coefficient (Wildman–Crippen LogP) is 2.05. The van der Waals surface area contributed by atoms with Crippen LogP contribution in [-0.2, 0) is 13.0 Å². The van der Waals surface area contributed by atoms with Crippen molar-refractivity contribution < 1.29 is 4.42 Å². The summed E-state index contributed by atoms with van der Waals surface area (Å²) in [5.41, 5.74) is 7.20. The zero-order chi connectivity index (χ0) is 11.5. The normalized spacial score (nSPS) is 12.9. The van der Waals surface area contributed by atoms with Crippen molar-refractivity contribution in [2.45, 2.75) is 32.9 Å². The van der Waals surface area contributed by atoms with E-state index < -0.39 is 0 Å². The van der Waals surface area contributed by atoms with E-state index in [1.54, 1.807) is 0 Å². The second kappa shape index (κ2) is 4.53. The van der Waals surface area contributed by atoms with Crippen molar-refractivity contribution in [3.8, 4) is 0 Å². The maximum atomic E-state index is 6.06. The molecule has 4 nitrogen and oxygen atoms in total. The fourth-order valence-electron chi connectivity index (χ4n) is 1.69. The molecule has 0 spiro atoms. The lowest BCUT2D eigenvalue weighted by atomic mass is 10.1. The Morgan fingerprint density at radius 2 is 2.31 bits per heavy atom. The summed E-state index contributed by atoms with van der Waals surface area (Å²) in [7, 11) is 0. The molecule has 0 amide bonds. The molecule has 0 fully saturated rings. The number of furan rings is 1. The minimum absolute atomic E-state index is 0.0943. The van der Waals surface area contributed by atoms with E-state index in [9.17, 15) is 0 Å². The van der Waals surface area contributed by atoms with Crippen molar-refractivity contribution in [1.29, 1.82) is 0 Å². The molecule has 2 rings (SSSR count). The summed E-state index contributed by atoms with van der Waals surface area (Å²) in [5.74, 6) is 1.73. The Balaban J connectivity index is 2.04. The third kappa shape index (κ3) is 2.33. The summed E-state index contributed by atoms with van der Waals surface area (Å²) >= 11 is 0. The van der Waals surface area contributed by atoms with Crippen LogP contribution in [0.5, 0.6) is 0 Å². The van der Waals surface area contributed by atoms with Crippen LogP contribution in [0.15, 0.2) is 28.9 Å². The number of hydrogen-bond acceptors (Lipinski definition) is 3. The average Bonchev–Trinajstić information content (AvgIpc) is 2.87. The van der Waals surface area contributed by atoms with Crippen molar-refractivity contribution in [3.05, 3.63) is 41.6 Å². The smallest absolute Gasteiger partial charge is 0.121 e. The van der Waals surface area contributed by atoms with Gasteiger partial charge in [-0.3, -0.25) is 4.68 Å². The first-order valence-electron chi connectivity index (χ1n) is 5.52. The van der Waals surface area contributed by atoms with E-state index in [0.717, 1.165) is 30.0 Å². The summed E-state index contributed by atoms with van der Waals surface area (Å²) in [5, 5.41) is 4.22. The highest BCUT2D eigenvalue weighted by Crippen LogP contribution is 2.18. The Labute approximate surface area is 95.1 Å². The van der Waals surface area contributed by atoms with Crippen LogP contribution in [0, 0.1) is 6.92 Å². The molecular weight excluding hydrogens is 202 g/mol. The van der Waals surface area contributed by atoms with Gasteiger partial charge >= 0.3 is 0 Å². The molecular formula is C12H17N3O. The maximum Gasteiger partial charge on any atom is 0.121 e. The van der Waals surface area contributed by atoms with Crippen molar-refractivity contribution >= 4 is 0 Å². The SMILES string of the molecule is CCn1cc(CC(N)c2ccc(C)o2)cn1. The molecule has 4 heteroatoms. The zero-order valence-corrected chi connectivity index (χ0v) is 9.68. The number of rotatable bonds is 4. The first kappa shape index (κ1) is 11.0. The van der Waals surface area contributed by atoms with Gasteiger partial charge in [0.2, 0.25) is 0 Å². The fraction of sp³-hybridized carbons (Fsp3) is 0.417. The fourth-order valence-corrected chi connectivity index (χ4v) is 1.69. The predicted molar refractivity (Wildman–Crippen MR) is 62.0 cm³/mol. The van der Waals surface area contributed by atoms with Gasteiger partial charge < -0.3 is 10.2 Å². The third-order valence-corrected chi connectivity index (χ3v) is 2.59. The Bertz CT molecular complexity index is 458. The van der Waals surface area contributed by atoms with Crippen LogP contribution in [0.1, 0.15) is 30.0 Å². The Morgan fingerprint density at radius 3 is 2.88 bits per heavy atom. The van der Waals surface area contributed by atoms with Gasteiger partial charge in [0.25, 0.3) is 0 Å². The van der Waals surface area contributed by atoms with Crippen molar-refractivity contribution in [1.82, 2.24) is 9.78 Å². The van der Waals surface area contributed by atoms with Crippen LogP contribution >= 0.6 is 0 Å². The van der Waals surface area contributed by atoms with Gasteiger partial charge in [0.05, 0.1) is 12.2 Å². The summed E-state index contributed by atoms with van der Waals surface area (Å²) in [6, 6.07) is 3.78. The van der Waals surface area contributed by atoms with E-state index in [2.05, 4.69) is 12.0 Å². The molecule has 1 unspecified atom stereocenters. The Kier molecular flexibility index (Phi) is 3.10. The Morgan fingerprint density at radius 1 is 1.50 bits per heavy atom. The van der Waals surface area contributed by atoms with Gasteiger partial charge in [-0.25, -0.2) is 0 Å². The highest BCUT2D eigenvalue weighted by Gasteiger charge is 2.11. The Hall–Kier alpha value is -1.55. The minimum Gasteiger partial charge on any atom is -0.465 e. The monoisotopic (exact) mass is 219 g/mol. The van der Waals surface area contributed by atoms with Crippen LogP contribution in [0.2, 0.25) is 0 Å². The molecule has 16 heavy (non-hydrogen) atoms. The van der Waals surface area contributed by atoms with Gasteiger partial charge in [-0.1, -0.05) is 0 Å². The summed E-state index contributed by atoms with van der Waals surface area (Å²) in [6.07, 6.45) is 4.64. The maximum absolute atomic E-state index is 6.06. The second-order valence-corrected chi connectivity index (χ2v) is 3.96. The van der Waals surface area contributed by atoms with E-state index in [0.29, 0.717) is 0 Å². The standard InChI is InChI=1S/C12H17N3O/c1-3-15-8-10(7-14-15)6-11(13)12-5-4-9(2)16-12/h4-5,7-8,11H,3,6,13H2,1-2H3. The van der Waals surface area contributed by atoms with Gasteiger partial charge in [-0.15, -0.1) is 0 Å². The lowest BCUT2D eigenvalue weighted by Gasteiger charge is -2.06. The largest absolute Gasteiger partial charge is 0.465 e. The quantitative estimate of drug-likeness (QED) is 0.856. The summed E-state index contributed by atoms with van der Waals surface area (Å²) < 4.78 is 7.40. The van der Waals surface area contributed by atoms with Crippen molar-refractivity contribution in [3.63, 3.8) is 0 Å². The van der Waals surface area contributed by atoms with Gasteiger partial charge in [0.15, 0.2) is 0 Å². The number of nitrogens with two attached hydrogens (primary N) is 1. The number of hydrogen-bond donors (Lipinski definition) is 1. The van der Waals surface area contributed by atoms with E-state index in [1.807, 2.05) is 36.1 Å². The van der Waals surface area contributed by atoms with E-state index in [1.165, 1.54) is 0 Å². The van der Waals surface area contributed by atoms with Crippen LogP contribution < -0.4 is 5.73 Å².